The van der Waals surface area contributed by atoms with Gasteiger partial charge in [-0.2, -0.15) is 0 Å². The molecule has 0 unspecified atom stereocenters. The number of carbonyl (C=O) groups excluding carboxylic acids is 1. The fourth-order valence-electron chi connectivity index (χ4n) is 1.70. The maximum atomic E-state index is 12.0. The number of hydrogen-bond acceptors (Lipinski definition) is 2. The fraction of sp³-hybridized carbons (Fsp3) is 0. The number of rotatable bonds is 4. The van der Waals surface area contributed by atoms with Crippen molar-refractivity contribution in [1.82, 2.24) is 0 Å². The highest BCUT2D eigenvalue weighted by atomic mass is 16.4. The molecule has 0 fully saturated rings. The number of allylic oxidation sites excluding steroid dienone is 1. The van der Waals surface area contributed by atoms with Gasteiger partial charge in [-0.3, -0.25) is 4.79 Å². The summed E-state index contributed by atoms with van der Waals surface area (Å²) in [5.74, 6) is -1.43. The zero-order valence-corrected chi connectivity index (χ0v) is 10.1. The summed E-state index contributed by atoms with van der Waals surface area (Å²) in [6, 6.07) is 17.2. The molecule has 3 heteroatoms. The van der Waals surface area contributed by atoms with Crippen molar-refractivity contribution in [3.63, 3.8) is 0 Å². The number of ketones is 1. The predicted molar refractivity (Wildman–Crippen MR) is 72.8 cm³/mol. The number of aliphatic carboxylic acids is 1. The summed E-state index contributed by atoms with van der Waals surface area (Å²) in [4.78, 5) is 23.2. The standard InChI is InChI=1S/C16H12O3/c17-15(13-9-5-2-6-10-13)11-14(16(18)19)12-7-3-1-4-8-12/h1-11H,(H,18,19). The SMILES string of the molecule is O=C(O)C(=CC(=O)c1ccccc1)c1ccccc1. The quantitative estimate of drug-likeness (QED) is 0.672. The molecule has 0 aliphatic carbocycles. The second-order valence-electron chi connectivity index (χ2n) is 3.96. The molecule has 94 valence electrons. The Hall–Kier alpha value is -2.68. The van der Waals surface area contributed by atoms with Gasteiger partial charge in [-0.1, -0.05) is 60.7 Å². The third-order valence-electron chi connectivity index (χ3n) is 2.65. The first-order valence-electron chi connectivity index (χ1n) is 5.78. The molecule has 0 saturated carbocycles. The molecule has 0 bridgehead atoms. The van der Waals surface area contributed by atoms with E-state index in [2.05, 4.69) is 0 Å². The first-order valence-corrected chi connectivity index (χ1v) is 5.78. The molecule has 2 aromatic carbocycles. The summed E-state index contributed by atoms with van der Waals surface area (Å²) in [6.07, 6.45) is 1.16. The van der Waals surface area contributed by atoms with E-state index in [0.29, 0.717) is 11.1 Å². The lowest BCUT2D eigenvalue weighted by atomic mass is 10.0. The first kappa shape index (κ1) is 12.8. The van der Waals surface area contributed by atoms with Crippen molar-refractivity contribution in [2.24, 2.45) is 0 Å². The van der Waals surface area contributed by atoms with Crippen LogP contribution in [0.4, 0.5) is 0 Å². The van der Waals surface area contributed by atoms with Gasteiger partial charge in [0.15, 0.2) is 5.78 Å². The van der Waals surface area contributed by atoms with E-state index in [0.717, 1.165) is 6.08 Å². The molecule has 0 radical (unpaired) electrons. The number of hydrogen-bond donors (Lipinski definition) is 1. The van der Waals surface area contributed by atoms with E-state index >= 15 is 0 Å². The third kappa shape index (κ3) is 3.16. The number of carboxylic acids is 1. The Morgan fingerprint density at radius 1 is 0.789 bits per heavy atom. The van der Waals surface area contributed by atoms with Crippen LogP contribution in [0.15, 0.2) is 66.7 Å². The van der Waals surface area contributed by atoms with Crippen LogP contribution in [0.1, 0.15) is 15.9 Å². The zero-order chi connectivity index (χ0) is 13.7. The highest BCUT2D eigenvalue weighted by molar-refractivity contribution is 6.23. The summed E-state index contributed by atoms with van der Waals surface area (Å²) in [6.45, 7) is 0. The lowest BCUT2D eigenvalue weighted by Crippen LogP contribution is -2.04. The van der Waals surface area contributed by atoms with Crippen molar-refractivity contribution in [2.75, 3.05) is 0 Å². The second-order valence-corrected chi connectivity index (χ2v) is 3.96. The molecular weight excluding hydrogens is 240 g/mol. The predicted octanol–water partition coefficient (Wildman–Crippen LogP) is 3.04. The van der Waals surface area contributed by atoms with Gasteiger partial charge in [0.1, 0.15) is 0 Å². The molecule has 3 nitrogen and oxygen atoms in total. The molecule has 1 N–H and O–H groups in total. The average Bonchev–Trinajstić information content (AvgIpc) is 2.46. The minimum Gasteiger partial charge on any atom is -0.478 e. The normalized spacial score (nSPS) is 11.1. The van der Waals surface area contributed by atoms with Crippen LogP contribution in [0.25, 0.3) is 5.57 Å². The Balaban J connectivity index is 2.38. The van der Waals surface area contributed by atoms with E-state index < -0.39 is 5.97 Å². The van der Waals surface area contributed by atoms with Gasteiger partial charge in [0.2, 0.25) is 0 Å². The van der Waals surface area contributed by atoms with Crippen molar-refractivity contribution in [3.8, 4) is 0 Å². The van der Waals surface area contributed by atoms with Gasteiger partial charge in [0, 0.05) is 11.6 Å². The summed E-state index contributed by atoms with van der Waals surface area (Å²) in [5, 5.41) is 9.20. The van der Waals surface area contributed by atoms with Gasteiger partial charge in [0.25, 0.3) is 0 Å². The smallest absolute Gasteiger partial charge is 0.336 e. The summed E-state index contributed by atoms with van der Waals surface area (Å²) in [7, 11) is 0. The van der Waals surface area contributed by atoms with Crippen LogP contribution < -0.4 is 0 Å². The molecule has 2 aromatic rings. The molecule has 0 aromatic heterocycles. The van der Waals surface area contributed by atoms with Crippen molar-refractivity contribution in [2.45, 2.75) is 0 Å². The largest absolute Gasteiger partial charge is 0.478 e. The molecule has 0 aliphatic rings. The minimum absolute atomic E-state index is 0.00514. The monoisotopic (exact) mass is 252 g/mol. The van der Waals surface area contributed by atoms with Crippen LogP contribution in [0.5, 0.6) is 0 Å². The Bertz CT molecular complexity index is 613. The molecular formula is C16H12O3. The van der Waals surface area contributed by atoms with Gasteiger partial charge in [-0.25, -0.2) is 4.79 Å². The summed E-state index contributed by atoms with van der Waals surface area (Å²) in [5.41, 5.74) is 0.978. The number of carboxylic acid groups (broad SMARTS) is 1. The molecule has 19 heavy (non-hydrogen) atoms. The molecule has 0 heterocycles. The Morgan fingerprint density at radius 2 is 1.26 bits per heavy atom. The third-order valence-corrected chi connectivity index (χ3v) is 2.65. The Morgan fingerprint density at radius 3 is 1.74 bits per heavy atom. The maximum absolute atomic E-state index is 12.0. The number of carbonyl (C=O) groups is 2. The van der Waals surface area contributed by atoms with Gasteiger partial charge in [-0.15, -0.1) is 0 Å². The molecule has 2 rings (SSSR count). The number of benzene rings is 2. The lowest BCUT2D eigenvalue weighted by molar-refractivity contribution is -0.130. The van der Waals surface area contributed by atoms with E-state index in [9.17, 15) is 14.7 Å². The Labute approximate surface area is 110 Å². The van der Waals surface area contributed by atoms with Crippen LogP contribution >= 0.6 is 0 Å². The van der Waals surface area contributed by atoms with Gasteiger partial charge in [-0.05, 0) is 5.56 Å². The highest BCUT2D eigenvalue weighted by Gasteiger charge is 2.12. The van der Waals surface area contributed by atoms with Crippen molar-refractivity contribution < 1.29 is 14.7 Å². The highest BCUT2D eigenvalue weighted by Crippen LogP contribution is 2.15. The van der Waals surface area contributed by atoms with Gasteiger partial charge >= 0.3 is 5.97 Å². The molecule has 0 atom stereocenters. The average molecular weight is 252 g/mol. The van der Waals surface area contributed by atoms with E-state index in [1.807, 2.05) is 0 Å². The molecule has 0 spiro atoms. The summed E-state index contributed by atoms with van der Waals surface area (Å²) < 4.78 is 0. The van der Waals surface area contributed by atoms with Crippen molar-refractivity contribution >= 4 is 17.3 Å². The van der Waals surface area contributed by atoms with Crippen LogP contribution in [0.3, 0.4) is 0 Å². The molecule has 0 saturated heterocycles. The first-order chi connectivity index (χ1) is 9.18. The maximum Gasteiger partial charge on any atom is 0.336 e. The van der Waals surface area contributed by atoms with Crippen LogP contribution in [-0.4, -0.2) is 16.9 Å². The summed E-state index contributed by atoms with van der Waals surface area (Å²) >= 11 is 0. The van der Waals surface area contributed by atoms with Crippen LogP contribution in [0.2, 0.25) is 0 Å². The van der Waals surface area contributed by atoms with Gasteiger partial charge in [0.05, 0.1) is 5.57 Å². The van der Waals surface area contributed by atoms with Crippen LogP contribution in [0, 0.1) is 0 Å². The second kappa shape index (κ2) is 5.78. The van der Waals surface area contributed by atoms with Crippen molar-refractivity contribution in [3.05, 3.63) is 77.9 Å². The van der Waals surface area contributed by atoms with E-state index in [1.54, 1.807) is 60.7 Å². The zero-order valence-electron chi connectivity index (χ0n) is 10.1. The van der Waals surface area contributed by atoms with E-state index in [1.165, 1.54) is 0 Å². The lowest BCUT2D eigenvalue weighted by Gasteiger charge is -2.02. The van der Waals surface area contributed by atoms with Gasteiger partial charge < -0.3 is 5.11 Å². The van der Waals surface area contributed by atoms with E-state index in [-0.39, 0.29) is 11.4 Å². The Kier molecular flexibility index (Phi) is 3.88. The fourth-order valence-corrected chi connectivity index (χ4v) is 1.70. The molecule has 0 aliphatic heterocycles. The minimum atomic E-state index is -1.12. The molecule has 0 amide bonds. The van der Waals surface area contributed by atoms with E-state index in [4.69, 9.17) is 0 Å². The van der Waals surface area contributed by atoms with Crippen molar-refractivity contribution in [1.29, 1.82) is 0 Å². The topological polar surface area (TPSA) is 54.4 Å². The van der Waals surface area contributed by atoms with Crippen LogP contribution in [-0.2, 0) is 4.79 Å².